The predicted molar refractivity (Wildman–Crippen MR) is 74.4 cm³/mol. The number of carbonyl (C=O) groups is 1. The molecular weight excluding hydrogens is 294 g/mol. The summed E-state index contributed by atoms with van der Waals surface area (Å²) in [6.07, 6.45) is 0.720. The van der Waals surface area contributed by atoms with Crippen LogP contribution in [0.15, 0.2) is 28.7 Å². The second kappa shape index (κ2) is 5.85. The van der Waals surface area contributed by atoms with Gasteiger partial charge >= 0.3 is 0 Å². The molecule has 0 bridgehead atoms. The highest BCUT2D eigenvalue weighted by molar-refractivity contribution is 9.10. The summed E-state index contributed by atoms with van der Waals surface area (Å²) in [5.41, 5.74) is 1.05. The lowest BCUT2D eigenvalue weighted by molar-refractivity contribution is -0.142. The molecule has 1 fully saturated rings. The first-order valence-electron chi connectivity index (χ1n) is 6.22. The van der Waals surface area contributed by atoms with Gasteiger partial charge in [0.1, 0.15) is 0 Å². The van der Waals surface area contributed by atoms with Gasteiger partial charge in [-0.3, -0.25) is 4.79 Å². The lowest BCUT2D eigenvalue weighted by Crippen LogP contribution is -2.48. The lowest BCUT2D eigenvalue weighted by Gasteiger charge is -2.35. The lowest BCUT2D eigenvalue weighted by atomic mass is 10.1. The standard InChI is InChI=1S/C14H18BrNO2/c1-10-8-16(9-11(2)18-10)14(17)7-12-3-5-13(15)6-4-12/h3-6,10-11H,7-9H2,1-2H3. The van der Waals surface area contributed by atoms with Gasteiger partial charge in [0.2, 0.25) is 5.91 Å². The van der Waals surface area contributed by atoms with Crippen LogP contribution in [0.1, 0.15) is 19.4 Å². The Labute approximate surface area is 116 Å². The van der Waals surface area contributed by atoms with E-state index < -0.39 is 0 Å². The summed E-state index contributed by atoms with van der Waals surface area (Å²) in [6, 6.07) is 7.89. The Bertz CT molecular complexity index is 408. The average molecular weight is 312 g/mol. The third-order valence-electron chi connectivity index (χ3n) is 3.04. The number of halogens is 1. The summed E-state index contributed by atoms with van der Waals surface area (Å²) in [5, 5.41) is 0. The molecule has 1 aliphatic heterocycles. The van der Waals surface area contributed by atoms with Gasteiger partial charge < -0.3 is 9.64 Å². The first kappa shape index (κ1) is 13.6. The smallest absolute Gasteiger partial charge is 0.227 e. The zero-order valence-electron chi connectivity index (χ0n) is 10.7. The molecule has 0 radical (unpaired) electrons. The van der Waals surface area contributed by atoms with E-state index in [0.717, 1.165) is 10.0 Å². The maximum atomic E-state index is 12.2. The number of rotatable bonds is 2. The monoisotopic (exact) mass is 311 g/mol. The molecule has 4 heteroatoms. The van der Waals surface area contributed by atoms with Crippen molar-refractivity contribution in [2.24, 2.45) is 0 Å². The van der Waals surface area contributed by atoms with Gasteiger partial charge in [-0.2, -0.15) is 0 Å². The van der Waals surface area contributed by atoms with Crippen LogP contribution in [0.3, 0.4) is 0 Å². The Morgan fingerprint density at radius 2 is 1.83 bits per heavy atom. The molecular formula is C14H18BrNO2. The molecule has 1 aliphatic rings. The van der Waals surface area contributed by atoms with Crippen LogP contribution in [0.25, 0.3) is 0 Å². The minimum Gasteiger partial charge on any atom is -0.372 e. The minimum atomic E-state index is 0.127. The van der Waals surface area contributed by atoms with Gasteiger partial charge in [0.15, 0.2) is 0 Å². The van der Waals surface area contributed by atoms with Gasteiger partial charge in [-0.15, -0.1) is 0 Å². The zero-order chi connectivity index (χ0) is 13.1. The van der Waals surface area contributed by atoms with Gasteiger partial charge in [0, 0.05) is 17.6 Å². The third-order valence-corrected chi connectivity index (χ3v) is 3.57. The van der Waals surface area contributed by atoms with Gasteiger partial charge in [0.05, 0.1) is 18.6 Å². The molecule has 2 atom stereocenters. The van der Waals surface area contributed by atoms with Crippen molar-refractivity contribution >= 4 is 21.8 Å². The fourth-order valence-electron chi connectivity index (χ4n) is 2.27. The Morgan fingerprint density at radius 1 is 1.28 bits per heavy atom. The van der Waals surface area contributed by atoms with Crippen molar-refractivity contribution in [3.8, 4) is 0 Å². The van der Waals surface area contributed by atoms with E-state index in [2.05, 4.69) is 15.9 Å². The number of ether oxygens (including phenoxy) is 1. The fraction of sp³-hybridized carbons (Fsp3) is 0.500. The predicted octanol–water partition coefficient (Wildman–Crippen LogP) is 2.63. The van der Waals surface area contributed by atoms with E-state index in [9.17, 15) is 4.79 Å². The summed E-state index contributed by atoms with van der Waals surface area (Å²) in [7, 11) is 0. The first-order valence-corrected chi connectivity index (χ1v) is 7.01. The highest BCUT2D eigenvalue weighted by atomic mass is 79.9. The maximum Gasteiger partial charge on any atom is 0.227 e. The molecule has 1 amide bonds. The van der Waals surface area contributed by atoms with Crippen molar-refractivity contribution in [1.82, 2.24) is 4.90 Å². The molecule has 2 rings (SSSR count). The molecule has 0 saturated carbocycles. The molecule has 0 aromatic heterocycles. The number of benzene rings is 1. The second-order valence-electron chi connectivity index (χ2n) is 4.86. The van der Waals surface area contributed by atoms with Crippen molar-refractivity contribution in [3.05, 3.63) is 34.3 Å². The quantitative estimate of drug-likeness (QED) is 0.840. The largest absolute Gasteiger partial charge is 0.372 e. The van der Waals surface area contributed by atoms with Crippen LogP contribution < -0.4 is 0 Å². The van der Waals surface area contributed by atoms with Gasteiger partial charge in [0.25, 0.3) is 0 Å². The Hall–Kier alpha value is -0.870. The van der Waals surface area contributed by atoms with Crippen LogP contribution in [-0.4, -0.2) is 36.1 Å². The molecule has 3 nitrogen and oxygen atoms in total. The van der Waals surface area contributed by atoms with Gasteiger partial charge in [-0.25, -0.2) is 0 Å². The topological polar surface area (TPSA) is 29.5 Å². The highest BCUT2D eigenvalue weighted by Crippen LogP contribution is 2.14. The first-order chi connectivity index (χ1) is 8.54. The van der Waals surface area contributed by atoms with E-state index in [1.165, 1.54) is 0 Å². The normalized spacial score (nSPS) is 24.1. The maximum absolute atomic E-state index is 12.2. The van der Waals surface area contributed by atoms with Crippen LogP contribution >= 0.6 is 15.9 Å². The second-order valence-corrected chi connectivity index (χ2v) is 5.77. The molecule has 98 valence electrons. The zero-order valence-corrected chi connectivity index (χ0v) is 12.3. The van der Waals surface area contributed by atoms with Crippen molar-refractivity contribution < 1.29 is 9.53 Å². The molecule has 0 spiro atoms. The van der Waals surface area contributed by atoms with Crippen LogP contribution in [0, 0.1) is 0 Å². The van der Waals surface area contributed by atoms with Gasteiger partial charge in [-0.05, 0) is 31.5 Å². The van der Waals surface area contributed by atoms with E-state index >= 15 is 0 Å². The number of amides is 1. The summed E-state index contributed by atoms with van der Waals surface area (Å²) in [6.45, 7) is 5.41. The number of morpholine rings is 1. The molecule has 1 aromatic carbocycles. The minimum absolute atomic E-state index is 0.127. The van der Waals surface area contributed by atoms with Crippen molar-refractivity contribution in [3.63, 3.8) is 0 Å². The molecule has 18 heavy (non-hydrogen) atoms. The Balaban J connectivity index is 1.97. The van der Waals surface area contributed by atoms with Crippen molar-refractivity contribution in [1.29, 1.82) is 0 Å². The van der Waals surface area contributed by atoms with E-state index in [1.807, 2.05) is 43.0 Å². The molecule has 2 unspecified atom stereocenters. The van der Waals surface area contributed by atoms with E-state index in [1.54, 1.807) is 0 Å². The van der Waals surface area contributed by atoms with Crippen molar-refractivity contribution in [2.45, 2.75) is 32.5 Å². The Morgan fingerprint density at radius 3 is 2.39 bits per heavy atom. The highest BCUT2D eigenvalue weighted by Gasteiger charge is 2.25. The number of hydrogen-bond acceptors (Lipinski definition) is 2. The number of hydrogen-bond donors (Lipinski definition) is 0. The van der Waals surface area contributed by atoms with Crippen LogP contribution in [-0.2, 0) is 16.0 Å². The van der Waals surface area contributed by atoms with Crippen LogP contribution in [0.4, 0.5) is 0 Å². The molecule has 1 saturated heterocycles. The van der Waals surface area contributed by atoms with Gasteiger partial charge in [-0.1, -0.05) is 28.1 Å². The SMILES string of the molecule is CC1CN(C(=O)Cc2ccc(Br)cc2)CC(C)O1. The van der Waals surface area contributed by atoms with E-state index in [-0.39, 0.29) is 18.1 Å². The van der Waals surface area contributed by atoms with Crippen LogP contribution in [0.5, 0.6) is 0 Å². The van der Waals surface area contributed by atoms with E-state index in [0.29, 0.717) is 19.5 Å². The van der Waals surface area contributed by atoms with E-state index in [4.69, 9.17) is 4.74 Å². The average Bonchev–Trinajstić information content (AvgIpc) is 2.31. The summed E-state index contributed by atoms with van der Waals surface area (Å²) < 4.78 is 6.67. The molecule has 0 N–H and O–H groups in total. The van der Waals surface area contributed by atoms with Crippen LogP contribution in [0.2, 0.25) is 0 Å². The Kier molecular flexibility index (Phi) is 4.40. The molecule has 1 aromatic rings. The molecule has 0 aliphatic carbocycles. The fourth-order valence-corrected chi connectivity index (χ4v) is 2.53. The van der Waals surface area contributed by atoms with Crippen molar-refractivity contribution in [2.75, 3.05) is 13.1 Å². The summed E-state index contributed by atoms with van der Waals surface area (Å²) in [4.78, 5) is 14.1. The third kappa shape index (κ3) is 3.56. The molecule has 1 heterocycles. The number of nitrogens with zero attached hydrogens (tertiary/aromatic N) is 1. The summed E-state index contributed by atoms with van der Waals surface area (Å²) >= 11 is 3.39. The number of carbonyl (C=O) groups excluding carboxylic acids is 1. The summed E-state index contributed by atoms with van der Waals surface area (Å²) in [5.74, 6) is 0.180.